The van der Waals surface area contributed by atoms with Crippen LogP contribution in [0, 0.1) is 0 Å². The van der Waals surface area contributed by atoms with Gasteiger partial charge in [-0.1, -0.05) is 60.7 Å². The van der Waals surface area contributed by atoms with E-state index in [1.54, 1.807) is 0 Å². The van der Waals surface area contributed by atoms with Crippen LogP contribution < -0.4 is 0 Å². The summed E-state index contributed by atoms with van der Waals surface area (Å²) >= 11 is 0. The van der Waals surface area contributed by atoms with E-state index < -0.39 is 0 Å². The molecule has 0 amide bonds. The van der Waals surface area contributed by atoms with Gasteiger partial charge in [-0.15, -0.1) is 0 Å². The van der Waals surface area contributed by atoms with Gasteiger partial charge in [0.15, 0.2) is 5.78 Å². The van der Waals surface area contributed by atoms with E-state index in [1.807, 2.05) is 74.8 Å². The molecule has 0 saturated carbocycles. The maximum Gasteiger partial charge on any atom is 0.171 e. The molecule has 0 bridgehead atoms. The predicted octanol–water partition coefficient (Wildman–Crippen LogP) is 3.21. The number of ketones is 1. The van der Waals surface area contributed by atoms with Crippen molar-refractivity contribution < 1.29 is 4.79 Å². The smallest absolute Gasteiger partial charge is 0.171 e. The summed E-state index contributed by atoms with van der Waals surface area (Å²) in [6.45, 7) is 0.720. The van der Waals surface area contributed by atoms with Crippen LogP contribution in [0.1, 0.15) is 21.8 Å². The molecule has 0 heterocycles. The molecule has 0 saturated heterocycles. The van der Waals surface area contributed by atoms with Crippen LogP contribution in [0.5, 0.6) is 0 Å². The lowest BCUT2D eigenvalue weighted by Crippen LogP contribution is -2.26. The number of hydrogen-bond donors (Lipinski definition) is 0. The van der Waals surface area contributed by atoms with E-state index in [0.29, 0.717) is 0 Å². The van der Waals surface area contributed by atoms with Gasteiger partial charge in [0, 0.05) is 12.1 Å². The number of carbonyl (C=O) groups is 1. The first-order chi connectivity index (χ1) is 9.18. The maximum atomic E-state index is 12.7. The zero-order valence-corrected chi connectivity index (χ0v) is 11.4. The fraction of sp³-hybridized carbons (Fsp3) is 0.235. The average molecular weight is 253 g/mol. The molecule has 2 aromatic rings. The molecule has 0 N–H and O–H groups in total. The van der Waals surface area contributed by atoms with Crippen LogP contribution in [0.2, 0.25) is 0 Å². The van der Waals surface area contributed by atoms with Crippen molar-refractivity contribution in [3.05, 3.63) is 71.8 Å². The fourth-order valence-corrected chi connectivity index (χ4v) is 2.19. The first kappa shape index (κ1) is 13.5. The number of carbonyl (C=O) groups excluding carboxylic acids is 1. The second-order valence-corrected chi connectivity index (χ2v) is 4.96. The average Bonchev–Trinajstić information content (AvgIpc) is 2.46. The van der Waals surface area contributed by atoms with Crippen LogP contribution in [-0.2, 0) is 0 Å². The molecule has 0 aliphatic carbocycles. The second kappa shape index (κ2) is 6.30. The molecule has 2 aromatic carbocycles. The van der Waals surface area contributed by atoms with Crippen LogP contribution in [0.15, 0.2) is 60.7 Å². The summed E-state index contributed by atoms with van der Waals surface area (Å²) in [5.74, 6) is 0.0686. The molecular formula is C17H19NO. The topological polar surface area (TPSA) is 20.3 Å². The van der Waals surface area contributed by atoms with E-state index in [2.05, 4.69) is 4.90 Å². The molecule has 0 fully saturated rings. The van der Waals surface area contributed by atoms with Crippen molar-refractivity contribution in [2.75, 3.05) is 20.6 Å². The van der Waals surface area contributed by atoms with Gasteiger partial charge >= 0.3 is 0 Å². The normalized spacial score (nSPS) is 12.4. The highest BCUT2D eigenvalue weighted by Gasteiger charge is 2.22. The molecule has 2 heteroatoms. The lowest BCUT2D eigenvalue weighted by molar-refractivity contribution is 0.0945. The number of nitrogens with zero attached hydrogens (tertiary/aromatic N) is 1. The Kier molecular flexibility index (Phi) is 4.48. The highest BCUT2D eigenvalue weighted by Crippen LogP contribution is 2.21. The van der Waals surface area contributed by atoms with Crippen LogP contribution in [0.25, 0.3) is 0 Å². The lowest BCUT2D eigenvalue weighted by atomic mass is 9.90. The Labute approximate surface area is 114 Å². The Morgan fingerprint density at radius 2 is 1.47 bits per heavy atom. The molecule has 0 unspecified atom stereocenters. The summed E-state index contributed by atoms with van der Waals surface area (Å²) in [4.78, 5) is 14.7. The highest BCUT2D eigenvalue weighted by molar-refractivity contribution is 6.01. The third-order valence-electron chi connectivity index (χ3n) is 3.12. The van der Waals surface area contributed by atoms with Crippen LogP contribution in [-0.4, -0.2) is 31.3 Å². The van der Waals surface area contributed by atoms with Crippen LogP contribution >= 0.6 is 0 Å². The van der Waals surface area contributed by atoms with Crippen LogP contribution in [0.4, 0.5) is 0 Å². The monoisotopic (exact) mass is 253 g/mol. The SMILES string of the molecule is CN(C)C[C@@H](C(=O)c1ccccc1)c1ccccc1. The summed E-state index contributed by atoms with van der Waals surface area (Å²) in [5.41, 5.74) is 1.85. The highest BCUT2D eigenvalue weighted by atomic mass is 16.1. The third kappa shape index (κ3) is 3.52. The Morgan fingerprint density at radius 1 is 0.947 bits per heavy atom. The van der Waals surface area contributed by atoms with E-state index in [1.165, 1.54) is 0 Å². The first-order valence-electron chi connectivity index (χ1n) is 6.47. The van der Waals surface area contributed by atoms with E-state index >= 15 is 0 Å². The van der Waals surface area contributed by atoms with Crippen molar-refractivity contribution in [1.82, 2.24) is 4.90 Å². The summed E-state index contributed by atoms with van der Waals surface area (Å²) in [7, 11) is 3.99. The van der Waals surface area contributed by atoms with Crippen molar-refractivity contribution in [3.63, 3.8) is 0 Å². The number of benzene rings is 2. The Morgan fingerprint density at radius 3 is 2.00 bits per heavy atom. The van der Waals surface area contributed by atoms with Crippen molar-refractivity contribution in [2.45, 2.75) is 5.92 Å². The quantitative estimate of drug-likeness (QED) is 0.763. The molecule has 19 heavy (non-hydrogen) atoms. The molecule has 0 aromatic heterocycles. The minimum absolute atomic E-state index is 0.112. The third-order valence-corrected chi connectivity index (χ3v) is 3.12. The predicted molar refractivity (Wildman–Crippen MR) is 78.5 cm³/mol. The molecule has 2 nitrogen and oxygen atoms in total. The largest absolute Gasteiger partial charge is 0.308 e. The Hall–Kier alpha value is -1.93. The first-order valence-corrected chi connectivity index (χ1v) is 6.47. The summed E-state index contributed by atoms with van der Waals surface area (Å²) in [5, 5.41) is 0. The van der Waals surface area contributed by atoms with Gasteiger partial charge in [0.2, 0.25) is 0 Å². The zero-order chi connectivity index (χ0) is 13.7. The molecule has 98 valence electrons. The van der Waals surface area contributed by atoms with Gasteiger partial charge in [-0.2, -0.15) is 0 Å². The standard InChI is InChI=1S/C17H19NO/c1-18(2)13-16(14-9-5-3-6-10-14)17(19)15-11-7-4-8-12-15/h3-12,16H,13H2,1-2H3/t16-/m1/s1. The number of hydrogen-bond acceptors (Lipinski definition) is 2. The summed E-state index contributed by atoms with van der Waals surface area (Å²) in [6, 6.07) is 19.5. The van der Waals surface area contributed by atoms with Gasteiger partial charge in [0.05, 0.1) is 5.92 Å². The van der Waals surface area contributed by atoms with Crippen molar-refractivity contribution in [2.24, 2.45) is 0 Å². The number of rotatable bonds is 5. The van der Waals surface area contributed by atoms with E-state index in [-0.39, 0.29) is 11.7 Å². The van der Waals surface area contributed by atoms with Gasteiger partial charge in [-0.05, 0) is 19.7 Å². The van der Waals surface area contributed by atoms with E-state index in [4.69, 9.17) is 0 Å². The summed E-state index contributed by atoms with van der Waals surface area (Å²) < 4.78 is 0. The van der Waals surface area contributed by atoms with Gasteiger partial charge in [-0.3, -0.25) is 4.79 Å². The lowest BCUT2D eigenvalue weighted by Gasteiger charge is -2.20. The number of likely N-dealkylation sites (N-methyl/N-ethyl adjacent to an activating group) is 1. The molecule has 2 rings (SSSR count). The molecule has 0 radical (unpaired) electrons. The molecular weight excluding hydrogens is 234 g/mol. The fourth-order valence-electron chi connectivity index (χ4n) is 2.19. The minimum atomic E-state index is -0.112. The van der Waals surface area contributed by atoms with Gasteiger partial charge < -0.3 is 4.90 Å². The number of Topliss-reactive ketones (excluding diaryl/α,β-unsaturated/α-hetero) is 1. The van der Waals surface area contributed by atoms with Gasteiger partial charge in [0.25, 0.3) is 0 Å². The van der Waals surface area contributed by atoms with Crippen molar-refractivity contribution >= 4 is 5.78 Å². The second-order valence-electron chi connectivity index (χ2n) is 4.96. The Bertz CT molecular complexity index is 519. The van der Waals surface area contributed by atoms with E-state index in [9.17, 15) is 4.79 Å². The molecule has 1 atom stereocenters. The minimum Gasteiger partial charge on any atom is -0.308 e. The van der Waals surface area contributed by atoms with E-state index in [0.717, 1.165) is 17.7 Å². The Balaban J connectivity index is 2.31. The van der Waals surface area contributed by atoms with Crippen molar-refractivity contribution in [3.8, 4) is 0 Å². The zero-order valence-electron chi connectivity index (χ0n) is 11.4. The van der Waals surface area contributed by atoms with Crippen LogP contribution in [0.3, 0.4) is 0 Å². The molecule has 0 spiro atoms. The molecule has 0 aliphatic rings. The van der Waals surface area contributed by atoms with Gasteiger partial charge in [-0.25, -0.2) is 0 Å². The summed E-state index contributed by atoms with van der Waals surface area (Å²) in [6.07, 6.45) is 0. The molecule has 0 aliphatic heterocycles. The van der Waals surface area contributed by atoms with Crippen molar-refractivity contribution in [1.29, 1.82) is 0 Å². The van der Waals surface area contributed by atoms with Gasteiger partial charge in [0.1, 0.15) is 0 Å². The maximum absolute atomic E-state index is 12.7.